The van der Waals surface area contributed by atoms with Crippen molar-refractivity contribution in [2.45, 2.75) is 65.2 Å². The highest BCUT2D eigenvalue weighted by Gasteiger charge is 2.16. The van der Waals surface area contributed by atoms with Crippen LogP contribution >= 0.6 is 0 Å². The topological polar surface area (TPSA) is 75.6 Å². The van der Waals surface area contributed by atoms with Crippen LogP contribution in [0.4, 0.5) is 0 Å². The normalized spacial score (nSPS) is 14.9. The molecule has 21 heavy (non-hydrogen) atoms. The second kappa shape index (κ2) is 13.9. The van der Waals surface area contributed by atoms with Crippen LogP contribution in [-0.2, 0) is 14.3 Å². The number of hydrogen-bond donors (Lipinski definition) is 2. The van der Waals surface area contributed by atoms with Gasteiger partial charge in [-0.05, 0) is 32.1 Å². The van der Waals surface area contributed by atoms with E-state index in [-0.39, 0.29) is 24.4 Å². The molecule has 0 aromatic rings. The van der Waals surface area contributed by atoms with E-state index >= 15 is 0 Å². The number of unbranched alkanes of at least 4 members (excludes halogenated alkanes) is 2. The maximum absolute atomic E-state index is 11.6. The van der Waals surface area contributed by atoms with Crippen LogP contribution < -0.4 is 5.32 Å². The van der Waals surface area contributed by atoms with Crippen molar-refractivity contribution in [1.29, 1.82) is 0 Å². The second-order valence-electron chi connectivity index (χ2n) is 5.30. The Labute approximate surface area is 128 Å². The Kier molecular flexibility index (Phi) is 13.1. The van der Waals surface area contributed by atoms with Crippen LogP contribution in [0, 0.1) is 5.92 Å². The van der Waals surface area contributed by atoms with Crippen molar-refractivity contribution in [3.63, 3.8) is 0 Å². The molecule has 0 aliphatic carbocycles. The molecule has 0 bridgehead atoms. The van der Waals surface area contributed by atoms with Crippen molar-refractivity contribution in [3.05, 3.63) is 0 Å². The summed E-state index contributed by atoms with van der Waals surface area (Å²) in [4.78, 5) is 21.7. The van der Waals surface area contributed by atoms with Crippen LogP contribution in [0.25, 0.3) is 0 Å². The van der Waals surface area contributed by atoms with Gasteiger partial charge >= 0.3 is 5.97 Å². The molecule has 124 valence electrons. The van der Waals surface area contributed by atoms with Crippen molar-refractivity contribution in [2.75, 3.05) is 19.8 Å². The van der Waals surface area contributed by atoms with Gasteiger partial charge in [-0.15, -0.1) is 0 Å². The van der Waals surface area contributed by atoms with E-state index in [1.165, 1.54) is 0 Å². The molecular weight excluding hydrogens is 270 g/mol. The average molecular weight is 301 g/mol. The molecule has 0 spiro atoms. The molecule has 0 aromatic heterocycles. The third-order valence-corrected chi connectivity index (χ3v) is 3.43. The predicted octanol–water partition coefficient (Wildman–Crippen LogP) is 2.41. The standard InChI is InChI=1S/C12H24O3.C4H7NO/c1-3-5-8-11(4-2)12(14)15-10-7-6-9-13;6-4-2-1-3-5-4/h11,13H,3-10H2,1-2H3;1-3H2,(H,5,6). The summed E-state index contributed by atoms with van der Waals surface area (Å²) >= 11 is 0. The number of rotatable bonds is 9. The van der Waals surface area contributed by atoms with Gasteiger partial charge in [0.2, 0.25) is 5.91 Å². The Morgan fingerprint density at radius 1 is 1.33 bits per heavy atom. The van der Waals surface area contributed by atoms with Crippen molar-refractivity contribution < 1.29 is 19.4 Å². The van der Waals surface area contributed by atoms with Crippen molar-refractivity contribution in [2.24, 2.45) is 5.92 Å². The Morgan fingerprint density at radius 2 is 2.10 bits per heavy atom. The fraction of sp³-hybridized carbons (Fsp3) is 0.875. The zero-order chi connectivity index (χ0) is 15.9. The first kappa shape index (κ1) is 19.9. The molecule has 1 aliphatic rings. The van der Waals surface area contributed by atoms with E-state index in [2.05, 4.69) is 12.2 Å². The first-order valence-electron chi connectivity index (χ1n) is 8.19. The SMILES string of the molecule is CCCCC(CC)C(=O)OCCCCO.O=C1CCCN1. The van der Waals surface area contributed by atoms with E-state index in [1.807, 2.05) is 6.92 Å². The van der Waals surface area contributed by atoms with Crippen LogP contribution in [0.3, 0.4) is 0 Å². The third-order valence-electron chi connectivity index (χ3n) is 3.43. The monoisotopic (exact) mass is 301 g/mol. The first-order valence-corrected chi connectivity index (χ1v) is 8.19. The lowest BCUT2D eigenvalue weighted by Crippen LogP contribution is -2.17. The summed E-state index contributed by atoms with van der Waals surface area (Å²) in [7, 11) is 0. The number of nitrogens with one attached hydrogen (secondary N) is 1. The van der Waals surface area contributed by atoms with Gasteiger partial charge in [0.05, 0.1) is 12.5 Å². The van der Waals surface area contributed by atoms with Gasteiger partial charge < -0.3 is 15.2 Å². The number of hydrogen-bond acceptors (Lipinski definition) is 4. The molecule has 1 aliphatic heterocycles. The molecule has 1 atom stereocenters. The minimum absolute atomic E-state index is 0.0658. The molecule has 0 radical (unpaired) electrons. The lowest BCUT2D eigenvalue weighted by molar-refractivity contribution is -0.149. The summed E-state index contributed by atoms with van der Waals surface area (Å²) in [5.41, 5.74) is 0. The zero-order valence-electron chi connectivity index (χ0n) is 13.5. The highest BCUT2D eigenvalue weighted by atomic mass is 16.5. The smallest absolute Gasteiger partial charge is 0.308 e. The Balaban J connectivity index is 0.000000547. The summed E-state index contributed by atoms with van der Waals surface area (Å²) in [6, 6.07) is 0. The molecule has 1 saturated heterocycles. The van der Waals surface area contributed by atoms with E-state index in [4.69, 9.17) is 9.84 Å². The number of aliphatic hydroxyl groups excluding tert-OH is 1. The van der Waals surface area contributed by atoms with E-state index in [1.54, 1.807) is 0 Å². The third kappa shape index (κ3) is 11.3. The number of esters is 1. The predicted molar refractivity (Wildman–Crippen MR) is 82.8 cm³/mol. The zero-order valence-corrected chi connectivity index (χ0v) is 13.5. The van der Waals surface area contributed by atoms with E-state index < -0.39 is 0 Å². The first-order chi connectivity index (χ1) is 10.2. The average Bonchev–Trinajstić information content (AvgIpc) is 2.96. The fourth-order valence-corrected chi connectivity index (χ4v) is 2.01. The Hall–Kier alpha value is -1.10. The molecule has 2 N–H and O–H groups in total. The largest absolute Gasteiger partial charge is 0.465 e. The highest BCUT2D eigenvalue weighted by molar-refractivity contribution is 5.77. The molecule has 1 unspecified atom stereocenters. The van der Waals surface area contributed by atoms with Gasteiger partial charge in [0.15, 0.2) is 0 Å². The van der Waals surface area contributed by atoms with Gasteiger partial charge in [-0.3, -0.25) is 9.59 Å². The van der Waals surface area contributed by atoms with Gasteiger partial charge in [0.25, 0.3) is 0 Å². The number of amides is 1. The minimum atomic E-state index is -0.0658. The minimum Gasteiger partial charge on any atom is -0.465 e. The second-order valence-corrected chi connectivity index (χ2v) is 5.30. The summed E-state index contributed by atoms with van der Waals surface area (Å²) < 4.78 is 5.14. The Morgan fingerprint density at radius 3 is 2.52 bits per heavy atom. The lowest BCUT2D eigenvalue weighted by Gasteiger charge is -2.13. The molecule has 1 rings (SSSR count). The van der Waals surface area contributed by atoms with Crippen molar-refractivity contribution >= 4 is 11.9 Å². The summed E-state index contributed by atoms with van der Waals surface area (Å²) in [5.74, 6) is 0.206. The number of carbonyl (C=O) groups excluding carboxylic acids is 2. The number of carbonyl (C=O) groups is 2. The molecular formula is C16H31NO4. The summed E-state index contributed by atoms with van der Waals surface area (Å²) in [6.45, 7) is 5.65. The molecule has 1 heterocycles. The van der Waals surface area contributed by atoms with Gasteiger partial charge in [0, 0.05) is 19.6 Å². The highest BCUT2D eigenvalue weighted by Crippen LogP contribution is 2.14. The fourth-order valence-electron chi connectivity index (χ4n) is 2.01. The maximum Gasteiger partial charge on any atom is 0.308 e. The molecule has 1 fully saturated rings. The maximum atomic E-state index is 11.6. The van der Waals surface area contributed by atoms with Crippen LogP contribution in [0.5, 0.6) is 0 Å². The molecule has 5 nitrogen and oxygen atoms in total. The van der Waals surface area contributed by atoms with Crippen LogP contribution in [0.1, 0.15) is 65.2 Å². The van der Waals surface area contributed by atoms with Crippen LogP contribution in [0.2, 0.25) is 0 Å². The number of ether oxygens (including phenoxy) is 1. The van der Waals surface area contributed by atoms with Gasteiger partial charge in [0.1, 0.15) is 0 Å². The molecule has 1 amide bonds. The van der Waals surface area contributed by atoms with Crippen LogP contribution in [0.15, 0.2) is 0 Å². The van der Waals surface area contributed by atoms with Crippen molar-refractivity contribution in [1.82, 2.24) is 5.32 Å². The van der Waals surface area contributed by atoms with Gasteiger partial charge in [-0.2, -0.15) is 0 Å². The lowest BCUT2D eigenvalue weighted by atomic mass is 10.00. The van der Waals surface area contributed by atoms with Gasteiger partial charge in [-0.25, -0.2) is 0 Å². The molecule has 0 saturated carbocycles. The quantitative estimate of drug-likeness (QED) is 0.506. The van der Waals surface area contributed by atoms with E-state index in [0.717, 1.165) is 51.5 Å². The summed E-state index contributed by atoms with van der Waals surface area (Å²) in [5, 5.41) is 11.2. The van der Waals surface area contributed by atoms with Crippen molar-refractivity contribution in [3.8, 4) is 0 Å². The Bertz CT molecular complexity index is 273. The number of aliphatic hydroxyl groups is 1. The van der Waals surface area contributed by atoms with E-state index in [9.17, 15) is 9.59 Å². The molecule has 5 heteroatoms. The van der Waals surface area contributed by atoms with Crippen LogP contribution in [-0.4, -0.2) is 36.7 Å². The summed E-state index contributed by atoms with van der Waals surface area (Å²) in [6.07, 6.45) is 7.23. The van der Waals surface area contributed by atoms with E-state index in [0.29, 0.717) is 13.0 Å². The molecule has 0 aromatic carbocycles. The van der Waals surface area contributed by atoms with Gasteiger partial charge in [-0.1, -0.05) is 26.7 Å².